The second kappa shape index (κ2) is 6.07. The normalized spacial score (nSPS) is 16.8. The fourth-order valence-electron chi connectivity index (χ4n) is 5.31. The highest BCUT2D eigenvalue weighted by Crippen LogP contribution is 2.50. The van der Waals surface area contributed by atoms with E-state index in [0.29, 0.717) is 12.3 Å². The van der Waals surface area contributed by atoms with E-state index in [0.717, 1.165) is 54.5 Å². The van der Waals surface area contributed by atoms with Crippen LogP contribution in [0.3, 0.4) is 0 Å². The zero-order valence-electron chi connectivity index (χ0n) is 16.0. The molecule has 4 aromatic rings. The predicted octanol–water partition coefficient (Wildman–Crippen LogP) is 2.76. The van der Waals surface area contributed by atoms with E-state index >= 15 is 0 Å². The van der Waals surface area contributed by atoms with Gasteiger partial charge in [-0.25, -0.2) is 0 Å². The number of rotatable bonds is 2. The van der Waals surface area contributed by atoms with Crippen molar-refractivity contribution in [3.63, 3.8) is 0 Å². The van der Waals surface area contributed by atoms with Gasteiger partial charge < -0.3 is 0 Å². The predicted molar refractivity (Wildman–Crippen MR) is 108 cm³/mol. The van der Waals surface area contributed by atoms with Gasteiger partial charge in [-0.1, -0.05) is 48.3 Å². The molecule has 3 aromatic heterocycles. The van der Waals surface area contributed by atoms with Crippen LogP contribution in [0.5, 0.6) is 0 Å². The maximum atomic E-state index is 13.9. The molecule has 0 aliphatic heterocycles. The van der Waals surface area contributed by atoms with Gasteiger partial charge in [0.1, 0.15) is 0 Å². The van der Waals surface area contributed by atoms with E-state index in [2.05, 4.69) is 38.7 Å². The molecule has 0 unspecified atom stereocenters. The lowest BCUT2D eigenvalue weighted by Gasteiger charge is -2.36. The molecular formula is C22H20N6O. The molecular weight excluding hydrogens is 364 g/mol. The van der Waals surface area contributed by atoms with Gasteiger partial charge in [-0.05, 0) is 46.9 Å². The van der Waals surface area contributed by atoms with Crippen LogP contribution in [0, 0.1) is 0 Å². The van der Waals surface area contributed by atoms with Crippen molar-refractivity contribution < 1.29 is 0 Å². The molecule has 1 fully saturated rings. The van der Waals surface area contributed by atoms with Gasteiger partial charge in [-0.15, -0.1) is 0 Å². The fraction of sp³-hybridized carbons (Fsp3) is 0.318. The molecule has 1 aromatic carbocycles. The van der Waals surface area contributed by atoms with Crippen LogP contribution < -0.4 is 5.56 Å². The SMILES string of the molecule is O=c1c2c(n3nnnc3n1Cc1cccnc1)-c1ccccc1CC21CCCC1. The van der Waals surface area contributed by atoms with Crippen molar-refractivity contribution >= 4 is 5.78 Å². The van der Waals surface area contributed by atoms with Crippen molar-refractivity contribution in [2.75, 3.05) is 0 Å². The summed E-state index contributed by atoms with van der Waals surface area (Å²) in [5, 5.41) is 12.5. The van der Waals surface area contributed by atoms with Crippen molar-refractivity contribution in [1.29, 1.82) is 0 Å². The van der Waals surface area contributed by atoms with E-state index < -0.39 is 0 Å². The van der Waals surface area contributed by atoms with Crippen molar-refractivity contribution in [2.45, 2.75) is 44.1 Å². The summed E-state index contributed by atoms with van der Waals surface area (Å²) in [6, 6.07) is 12.2. The maximum Gasteiger partial charge on any atom is 0.259 e. The van der Waals surface area contributed by atoms with Crippen LogP contribution in [0.4, 0.5) is 0 Å². The van der Waals surface area contributed by atoms with E-state index in [4.69, 9.17) is 0 Å². The molecule has 7 heteroatoms. The Morgan fingerprint density at radius 1 is 1.07 bits per heavy atom. The Hall–Kier alpha value is -3.35. The third-order valence-corrected chi connectivity index (χ3v) is 6.56. The highest BCUT2D eigenvalue weighted by molar-refractivity contribution is 5.73. The monoisotopic (exact) mass is 384 g/mol. The van der Waals surface area contributed by atoms with Crippen molar-refractivity contribution in [1.82, 2.24) is 29.6 Å². The number of nitrogens with zero attached hydrogens (tertiary/aromatic N) is 6. The molecule has 1 saturated carbocycles. The van der Waals surface area contributed by atoms with E-state index in [1.54, 1.807) is 21.5 Å². The summed E-state index contributed by atoms with van der Waals surface area (Å²) in [5.41, 5.74) is 4.97. The largest absolute Gasteiger partial charge is 0.271 e. The number of benzene rings is 1. The van der Waals surface area contributed by atoms with Gasteiger partial charge in [-0.3, -0.25) is 14.3 Å². The molecule has 144 valence electrons. The Labute approximate surface area is 167 Å². The van der Waals surface area contributed by atoms with Crippen LogP contribution in [0.15, 0.2) is 53.6 Å². The van der Waals surface area contributed by atoms with Crippen molar-refractivity contribution in [3.05, 3.63) is 75.8 Å². The van der Waals surface area contributed by atoms with Gasteiger partial charge in [0, 0.05) is 23.4 Å². The van der Waals surface area contributed by atoms with Crippen LogP contribution in [-0.2, 0) is 18.4 Å². The fourth-order valence-corrected chi connectivity index (χ4v) is 5.31. The van der Waals surface area contributed by atoms with E-state index in [9.17, 15) is 4.79 Å². The number of fused-ring (bicyclic) bond motifs is 6. The molecule has 1 spiro atoms. The minimum Gasteiger partial charge on any atom is -0.271 e. The molecule has 0 N–H and O–H groups in total. The molecule has 0 atom stereocenters. The summed E-state index contributed by atoms with van der Waals surface area (Å²) >= 11 is 0. The quantitative estimate of drug-likeness (QED) is 0.531. The van der Waals surface area contributed by atoms with Crippen LogP contribution in [0.2, 0.25) is 0 Å². The third kappa shape index (κ3) is 2.33. The molecule has 3 heterocycles. The second-order valence-corrected chi connectivity index (χ2v) is 8.19. The van der Waals surface area contributed by atoms with Gasteiger partial charge in [-0.2, -0.15) is 4.52 Å². The first-order valence-electron chi connectivity index (χ1n) is 10.1. The summed E-state index contributed by atoms with van der Waals surface area (Å²) in [6.45, 7) is 0.404. The second-order valence-electron chi connectivity index (χ2n) is 8.19. The van der Waals surface area contributed by atoms with Gasteiger partial charge in [0.2, 0.25) is 0 Å². The lowest BCUT2D eigenvalue weighted by Crippen LogP contribution is -2.41. The average molecular weight is 384 g/mol. The van der Waals surface area contributed by atoms with Crippen LogP contribution in [0.25, 0.3) is 17.0 Å². The average Bonchev–Trinajstić information content (AvgIpc) is 3.41. The van der Waals surface area contributed by atoms with E-state index in [1.807, 2.05) is 18.2 Å². The van der Waals surface area contributed by atoms with Gasteiger partial charge >= 0.3 is 0 Å². The first-order chi connectivity index (χ1) is 14.3. The Morgan fingerprint density at radius 2 is 1.93 bits per heavy atom. The highest BCUT2D eigenvalue weighted by atomic mass is 16.1. The number of hydrogen-bond donors (Lipinski definition) is 0. The molecule has 0 saturated heterocycles. The van der Waals surface area contributed by atoms with Gasteiger partial charge in [0.05, 0.1) is 17.8 Å². The van der Waals surface area contributed by atoms with Crippen molar-refractivity contribution in [2.24, 2.45) is 0 Å². The molecule has 2 aliphatic rings. The van der Waals surface area contributed by atoms with Crippen LogP contribution in [-0.4, -0.2) is 29.6 Å². The van der Waals surface area contributed by atoms with Crippen LogP contribution in [0.1, 0.15) is 42.4 Å². The molecule has 7 nitrogen and oxygen atoms in total. The maximum absolute atomic E-state index is 13.9. The first kappa shape index (κ1) is 16.6. The summed E-state index contributed by atoms with van der Waals surface area (Å²) in [4.78, 5) is 18.1. The third-order valence-electron chi connectivity index (χ3n) is 6.56. The van der Waals surface area contributed by atoms with Crippen LogP contribution >= 0.6 is 0 Å². The molecule has 29 heavy (non-hydrogen) atoms. The Morgan fingerprint density at radius 3 is 2.76 bits per heavy atom. The van der Waals surface area contributed by atoms with Crippen molar-refractivity contribution in [3.8, 4) is 11.3 Å². The lowest BCUT2D eigenvalue weighted by molar-refractivity contribution is 0.421. The first-order valence-corrected chi connectivity index (χ1v) is 10.1. The standard InChI is InChI=1S/C22H20N6O/c29-20-18-19(17-8-2-1-7-16(17)12-22(18)9-3-4-10-22)28-21(24-25-26-28)27(20)14-15-6-5-11-23-13-15/h1-2,5-8,11,13H,3-4,9-10,12,14H2. The molecule has 0 amide bonds. The smallest absolute Gasteiger partial charge is 0.259 e. The Kier molecular flexibility index (Phi) is 3.47. The minimum atomic E-state index is -0.127. The topological polar surface area (TPSA) is 78.0 Å². The molecule has 6 rings (SSSR count). The summed E-state index contributed by atoms with van der Waals surface area (Å²) in [5.74, 6) is 0.474. The molecule has 0 radical (unpaired) electrons. The Bertz CT molecular complexity index is 1280. The van der Waals surface area contributed by atoms with E-state index in [-0.39, 0.29) is 11.0 Å². The van der Waals surface area contributed by atoms with Gasteiger partial charge in [0.15, 0.2) is 0 Å². The van der Waals surface area contributed by atoms with Gasteiger partial charge in [0.25, 0.3) is 11.3 Å². The minimum absolute atomic E-state index is 0.0301. The van der Waals surface area contributed by atoms with E-state index in [1.165, 1.54) is 5.56 Å². The summed E-state index contributed by atoms with van der Waals surface area (Å²) in [6.07, 6.45) is 8.79. The highest BCUT2D eigenvalue weighted by Gasteiger charge is 2.45. The summed E-state index contributed by atoms with van der Waals surface area (Å²) < 4.78 is 3.48. The zero-order chi connectivity index (χ0) is 19.4. The number of pyridine rings is 1. The lowest BCUT2D eigenvalue weighted by atomic mass is 9.68. The molecule has 2 aliphatic carbocycles. The summed E-state index contributed by atoms with van der Waals surface area (Å²) in [7, 11) is 0. The molecule has 0 bridgehead atoms. The number of tetrazole rings is 1. The number of hydrogen-bond acceptors (Lipinski definition) is 5. The zero-order valence-corrected chi connectivity index (χ0v) is 16.0. The number of aromatic nitrogens is 6. The Balaban J connectivity index is 1.70.